The van der Waals surface area contributed by atoms with Gasteiger partial charge >= 0.3 is 6.09 Å². The van der Waals surface area contributed by atoms with E-state index in [0.717, 1.165) is 22.3 Å². The van der Waals surface area contributed by atoms with E-state index in [-0.39, 0.29) is 72.9 Å². The number of carbonyl (C=O) groups excluding carboxylic acids is 2. The molecule has 2 heterocycles. The number of nitrogens with two attached hydrogens (primary N) is 1. The summed E-state index contributed by atoms with van der Waals surface area (Å²) in [5.74, 6) is 0.242. The number of carboxylic acid groups (broad SMARTS) is 1. The van der Waals surface area contributed by atoms with Gasteiger partial charge in [0.15, 0.2) is 23.0 Å². The lowest BCUT2D eigenvalue weighted by Gasteiger charge is -2.36. The summed E-state index contributed by atoms with van der Waals surface area (Å²) < 4.78 is 23.0. The number of carbonyl (C=O) groups is 3. The molecular formula is C40H44N4O10. The number of hydrogen-bond acceptors (Lipinski definition) is 10. The average molecular weight is 741 g/mol. The molecule has 0 bridgehead atoms. The number of ether oxygens (including phenoxy) is 4. The fourth-order valence-electron chi connectivity index (χ4n) is 6.97. The van der Waals surface area contributed by atoms with E-state index in [4.69, 9.17) is 24.7 Å². The molecule has 0 aromatic heterocycles. The molecule has 4 aromatic rings. The molecule has 2 aliphatic heterocycles. The van der Waals surface area contributed by atoms with Crippen molar-refractivity contribution < 1.29 is 48.7 Å². The van der Waals surface area contributed by atoms with Crippen molar-refractivity contribution in [2.45, 2.75) is 44.4 Å². The van der Waals surface area contributed by atoms with E-state index in [0.29, 0.717) is 37.3 Å². The first kappa shape index (κ1) is 37.8. The number of aliphatic hydroxyl groups is 2. The van der Waals surface area contributed by atoms with Crippen LogP contribution >= 0.6 is 0 Å². The van der Waals surface area contributed by atoms with Crippen molar-refractivity contribution in [1.82, 2.24) is 9.80 Å². The summed E-state index contributed by atoms with van der Waals surface area (Å²) in [5.41, 5.74) is 10.9. The number of nitrogens with zero attached hydrogens (tertiary/aromatic N) is 2. The van der Waals surface area contributed by atoms with Gasteiger partial charge in [-0.3, -0.25) is 14.9 Å². The molecule has 2 atom stereocenters. The highest BCUT2D eigenvalue weighted by molar-refractivity contribution is 6.03. The summed E-state index contributed by atoms with van der Waals surface area (Å²) in [6.45, 7) is 0.429. The molecule has 0 fully saturated rings. The number of nitrogen functional groups attached to an aromatic ring is 1. The molecule has 14 nitrogen and oxygen atoms in total. The lowest BCUT2D eigenvalue weighted by molar-refractivity contribution is 0.0540. The molecule has 2 aliphatic rings. The molecule has 54 heavy (non-hydrogen) atoms. The largest absolute Gasteiger partial charge is 0.493 e. The minimum Gasteiger partial charge on any atom is -0.493 e. The maximum atomic E-state index is 13.9. The normalized spacial score (nSPS) is 16.1. The van der Waals surface area contributed by atoms with E-state index in [1.165, 1.54) is 43.4 Å². The Morgan fingerprint density at radius 2 is 1.17 bits per heavy atom. The van der Waals surface area contributed by atoms with Crippen LogP contribution in [0.15, 0.2) is 72.8 Å². The first-order valence-corrected chi connectivity index (χ1v) is 17.6. The van der Waals surface area contributed by atoms with Crippen molar-refractivity contribution in [2.75, 3.05) is 51.7 Å². The number of aliphatic hydroxyl groups excluding tert-OH is 2. The predicted molar refractivity (Wildman–Crippen MR) is 199 cm³/mol. The van der Waals surface area contributed by atoms with E-state index < -0.39 is 24.1 Å². The van der Waals surface area contributed by atoms with Gasteiger partial charge in [0, 0.05) is 37.3 Å². The quantitative estimate of drug-likeness (QED) is 0.0967. The molecule has 4 aromatic carbocycles. The van der Waals surface area contributed by atoms with Gasteiger partial charge in [-0.15, -0.1) is 0 Å². The Morgan fingerprint density at radius 1 is 0.704 bits per heavy atom. The van der Waals surface area contributed by atoms with Gasteiger partial charge in [-0.25, -0.2) is 4.79 Å². The molecule has 0 saturated heterocycles. The predicted octanol–water partition coefficient (Wildman–Crippen LogP) is 4.34. The number of benzene rings is 4. The Kier molecular flexibility index (Phi) is 11.7. The lowest BCUT2D eigenvalue weighted by Crippen LogP contribution is -2.46. The highest BCUT2D eigenvalue weighted by Crippen LogP contribution is 2.37. The van der Waals surface area contributed by atoms with Crippen LogP contribution in [-0.4, -0.2) is 95.8 Å². The summed E-state index contributed by atoms with van der Waals surface area (Å²) >= 11 is 0. The smallest absolute Gasteiger partial charge is 0.409 e. The number of anilines is 2. The Bertz CT molecular complexity index is 2020. The van der Waals surface area contributed by atoms with Crippen LogP contribution in [0.1, 0.15) is 49.4 Å². The maximum absolute atomic E-state index is 13.9. The molecule has 0 aliphatic carbocycles. The molecule has 2 unspecified atom stereocenters. The second-order valence-electron chi connectivity index (χ2n) is 13.1. The summed E-state index contributed by atoms with van der Waals surface area (Å²) in [7, 11) is 2.87. The van der Waals surface area contributed by atoms with Gasteiger partial charge in [0.2, 0.25) is 0 Å². The highest BCUT2D eigenvalue weighted by Gasteiger charge is 2.33. The molecule has 0 spiro atoms. The molecule has 6 rings (SSSR count). The summed E-state index contributed by atoms with van der Waals surface area (Å²) in [6, 6.07) is 20.5. The lowest BCUT2D eigenvalue weighted by atomic mass is 9.93. The summed E-state index contributed by atoms with van der Waals surface area (Å²) in [6.07, 6.45) is -0.0120. The van der Waals surface area contributed by atoms with Gasteiger partial charge in [-0.2, -0.15) is 0 Å². The van der Waals surface area contributed by atoms with Gasteiger partial charge in [0.1, 0.15) is 0 Å². The Morgan fingerprint density at radius 3 is 1.65 bits per heavy atom. The molecule has 14 heteroatoms. The van der Waals surface area contributed by atoms with Crippen LogP contribution in [0.2, 0.25) is 0 Å². The second kappa shape index (κ2) is 16.8. The third-order valence-electron chi connectivity index (χ3n) is 9.80. The van der Waals surface area contributed by atoms with Gasteiger partial charge in [0.05, 0.1) is 69.5 Å². The summed E-state index contributed by atoms with van der Waals surface area (Å²) in [4.78, 5) is 42.5. The average Bonchev–Trinajstić information content (AvgIpc) is 3.19. The number of rotatable bonds is 13. The number of hydrogen-bond donors (Lipinski definition) is 5. The van der Waals surface area contributed by atoms with Gasteiger partial charge in [-0.1, -0.05) is 48.5 Å². The van der Waals surface area contributed by atoms with E-state index in [1.54, 1.807) is 4.90 Å². The first-order valence-electron chi connectivity index (χ1n) is 17.6. The van der Waals surface area contributed by atoms with Gasteiger partial charge < -0.3 is 49.8 Å². The van der Waals surface area contributed by atoms with Crippen molar-refractivity contribution in [1.29, 1.82) is 0 Å². The van der Waals surface area contributed by atoms with Crippen LogP contribution in [0.3, 0.4) is 0 Å². The van der Waals surface area contributed by atoms with Gasteiger partial charge in [-0.05, 0) is 47.2 Å². The summed E-state index contributed by atoms with van der Waals surface area (Å²) in [5, 5.41) is 32.1. The molecule has 0 saturated carbocycles. The minimum absolute atomic E-state index is 0.00372. The highest BCUT2D eigenvalue weighted by atomic mass is 16.5. The Hall–Kier alpha value is -5.99. The van der Waals surface area contributed by atoms with Gasteiger partial charge in [0.25, 0.3) is 11.8 Å². The number of nitrogens with one attached hydrogen (secondary N) is 1. The van der Waals surface area contributed by atoms with E-state index in [9.17, 15) is 29.7 Å². The van der Waals surface area contributed by atoms with Crippen molar-refractivity contribution in [2.24, 2.45) is 0 Å². The van der Waals surface area contributed by atoms with Crippen LogP contribution in [0, 0.1) is 0 Å². The van der Waals surface area contributed by atoms with Crippen LogP contribution in [-0.2, 0) is 25.9 Å². The van der Waals surface area contributed by atoms with Crippen molar-refractivity contribution in [3.05, 3.63) is 106 Å². The third-order valence-corrected chi connectivity index (χ3v) is 9.80. The second-order valence-corrected chi connectivity index (χ2v) is 13.1. The number of fused-ring (bicyclic) bond motifs is 2. The molecule has 6 N–H and O–H groups in total. The first-order chi connectivity index (χ1) is 26.1. The van der Waals surface area contributed by atoms with Crippen molar-refractivity contribution >= 4 is 29.3 Å². The standard InChI is InChI=1S/C40H44N4O10/c1-51-34-16-30(38(47)43-20-26-10-5-3-8-24(26)14-28(43)22-45)32(41)18-36(34)53-12-7-13-54-37-19-33(42-40(49)50)31(17-35(37)52-2)39(48)44-21-27-11-6-4-9-25(27)15-29(44)23-46/h3-6,8-11,16-19,28-29,42,45-46H,7,12-15,20-23,41H2,1-2H3,(H,49,50). The van der Waals surface area contributed by atoms with E-state index >= 15 is 0 Å². The minimum atomic E-state index is -1.37. The SMILES string of the molecule is COc1cc(C(=O)N2Cc3ccccc3CC2CO)c(N)cc1OCCCOc1cc(NC(=O)O)c(C(=O)N2Cc3ccccc3CC2CO)cc1OC. The zero-order valence-corrected chi connectivity index (χ0v) is 30.1. The Labute approximate surface area is 312 Å². The van der Waals surface area contributed by atoms with Crippen LogP contribution in [0.5, 0.6) is 23.0 Å². The zero-order chi connectivity index (χ0) is 38.4. The molecule has 284 valence electrons. The van der Waals surface area contributed by atoms with Crippen LogP contribution < -0.4 is 30.0 Å². The topological polar surface area (TPSA) is 193 Å². The van der Waals surface area contributed by atoms with E-state index in [1.807, 2.05) is 48.5 Å². The molecule has 3 amide bonds. The number of methoxy groups -OCH3 is 2. The Balaban J connectivity index is 1.12. The van der Waals surface area contributed by atoms with Crippen molar-refractivity contribution in [3.8, 4) is 23.0 Å². The zero-order valence-electron chi connectivity index (χ0n) is 30.1. The molecule has 0 radical (unpaired) electrons. The maximum Gasteiger partial charge on any atom is 0.409 e. The monoisotopic (exact) mass is 740 g/mol. The molecular weight excluding hydrogens is 696 g/mol. The van der Waals surface area contributed by atoms with Crippen LogP contribution in [0.25, 0.3) is 0 Å². The number of amides is 3. The third kappa shape index (κ3) is 7.99. The van der Waals surface area contributed by atoms with Crippen molar-refractivity contribution in [3.63, 3.8) is 0 Å². The fourth-order valence-corrected chi connectivity index (χ4v) is 6.97. The fraction of sp³-hybridized carbons (Fsp3) is 0.325. The van der Waals surface area contributed by atoms with Crippen LogP contribution in [0.4, 0.5) is 16.2 Å². The van der Waals surface area contributed by atoms with E-state index in [2.05, 4.69) is 5.32 Å².